The van der Waals surface area contributed by atoms with Crippen LogP contribution in [0.15, 0.2) is 24.3 Å². The van der Waals surface area contributed by atoms with Crippen molar-refractivity contribution in [2.45, 2.75) is 38.8 Å². The van der Waals surface area contributed by atoms with Gasteiger partial charge in [0.2, 0.25) is 0 Å². The molecule has 0 atom stereocenters. The molecule has 3 heteroatoms. The maximum atomic E-state index is 5.78. The molecule has 1 aromatic rings. The van der Waals surface area contributed by atoms with Crippen LogP contribution in [-0.4, -0.2) is 37.2 Å². The fraction of sp³-hybridized carbons (Fsp3) is 0.625. The van der Waals surface area contributed by atoms with Gasteiger partial charge in [-0.15, -0.1) is 0 Å². The topological polar surface area (TPSA) is 38.5 Å². The molecule has 3 nitrogen and oxygen atoms in total. The molecule has 19 heavy (non-hydrogen) atoms. The van der Waals surface area contributed by atoms with E-state index in [4.69, 9.17) is 10.5 Å². The second kappa shape index (κ2) is 7.63. The van der Waals surface area contributed by atoms with Crippen LogP contribution in [0.4, 0.5) is 0 Å². The van der Waals surface area contributed by atoms with E-state index in [1.54, 1.807) is 0 Å². The number of nitrogens with two attached hydrogens (primary N) is 1. The van der Waals surface area contributed by atoms with E-state index in [1.165, 1.54) is 24.0 Å². The normalized spacial score (nSPS) is 17.8. The lowest BCUT2D eigenvalue weighted by Gasteiger charge is -2.31. The molecular formula is C16H26N2O. The molecule has 1 aliphatic rings. The Kier molecular flexibility index (Phi) is 5.83. The molecule has 0 saturated carbocycles. The molecule has 1 heterocycles. The van der Waals surface area contributed by atoms with Gasteiger partial charge in [0.05, 0.1) is 6.10 Å². The summed E-state index contributed by atoms with van der Waals surface area (Å²) < 4.78 is 5.69. The van der Waals surface area contributed by atoms with Crippen LogP contribution in [0.3, 0.4) is 0 Å². The highest BCUT2D eigenvalue weighted by atomic mass is 16.5. The first kappa shape index (κ1) is 14.5. The van der Waals surface area contributed by atoms with Gasteiger partial charge < -0.3 is 15.4 Å². The van der Waals surface area contributed by atoms with Gasteiger partial charge in [-0.25, -0.2) is 0 Å². The van der Waals surface area contributed by atoms with Crippen molar-refractivity contribution < 1.29 is 4.74 Å². The van der Waals surface area contributed by atoms with Crippen molar-refractivity contribution >= 4 is 0 Å². The molecule has 1 aromatic carbocycles. The third-order valence-corrected chi connectivity index (χ3v) is 3.97. The number of benzene rings is 1. The third-order valence-electron chi connectivity index (χ3n) is 3.97. The van der Waals surface area contributed by atoms with Crippen LogP contribution in [-0.2, 0) is 17.7 Å². The molecule has 1 aliphatic heterocycles. The van der Waals surface area contributed by atoms with E-state index in [9.17, 15) is 0 Å². The molecule has 0 aliphatic carbocycles. The van der Waals surface area contributed by atoms with Crippen molar-refractivity contribution in [2.24, 2.45) is 5.73 Å². The van der Waals surface area contributed by atoms with E-state index < -0.39 is 0 Å². The highest BCUT2D eigenvalue weighted by Crippen LogP contribution is 2.15. The minimum Gasteiger partial charge on any atom is -0.378 e. The van der Waals surface area contributed by atoms with Crippen molar-refractivity contribution in [2.75, 3.05) is 26.2 Å². The molecule has 2 N–H and O–H groups in total. The zero-order chi connectivity index (χ0) is 13.5. The minimum atomic E-state index is 0.484. The fourth-order valence-corrected chi connectivity index (χ4v) is 2.81. The number of nitrogens with zero attached hydrogens (tertiary/aromatic N) is 1. The fourth-order valence-electron chi connectivity index (χ4n) is 2.81. The summed E-state index contributed by atoms with van der Waals surface area (Å²) in [6.45, 7) is 7.02. The Morgan fingerprint density at radius 2 is 1.89 bits per heavy atom. The first-order valence-corrected chi connectivity index (χ1v) is 7.44. The molecule has 0 unspecified atom stereocenters. The largest absolute Gasteiger partial charge is 0.378 e. The SMILES string of the molecule is CCOC1CCN(CCc2ccccc2CN)CC1. The van der Waals surface area contributed by atoms with Gasteiger partial charge in [0.1, 0.15) is 0 Å². The maximum absolute atomic E-state index is 5.78. The molecule has 0 radical (unpaired) electrons. The zero-order valence-electron chi connectivity index (χ0n) is 12.0. The average Bonchev–Trinajstić information content (AvgIpc) is 2.47. The molecule has 0 bridgehead atoms. The highest BCUT2D eigenvalue weighted by molar-refractivity contribution is 5.27. The summed E-state index contributed by atoms with van der Waals surface area (Å²) in [6.07, 6.45) is 3.93. The summed E-state index contributed by atoms with van der Waals surface area (Å²) >= 11 is 0. The number of piperidine rings is 1. The van der Waals surface area contributed by atoms with Crippen LogP contribution in [0.2, 0.25) is 0 Å². The number of rotatable bonds is 6. The molecule has 106 valence electrons. The Balaban J connectivity index is 1.77. The highest BCUT2D eigenvalue weighted by Gasteiger charge is 2.18. The summed E-state index contributed by atoms with van der Waals surface area (Å²) in [5, 5.41) is 0. The van der Waals surface area contributed by atoms with Crippen molar-refractivity contribution in [3.63, 3.8) is 0 Å². The molecule has 2 rings (SSSR count). The lowest BCUT2D eigenvalue weighted by Crippen LogP contribution is -2.38. The van der Waals surface area contributed by atoms with Gasteiger partial charge >= 0.3 is 0 Å². The van der Waals surface area contributed by atoms with Gasteiger partial charge in [0.15, 0.2) is 0 Å². The van der Waals surface area contributed by atoms with Crippen LogP contribution >= 0.6 is 0 Å². The van der Waals surface area contributed by atoms with Gasteiger partial charge in [-0.2, -0.15) is 0 Å². The van der Waals surface area contributed by atoms with Gasteiger partial charge in [-0.3, -0.25) is 0 Å². The Bertz CT molecular complexity index is 373. The van der Waals surface area contributed by atoms with Gasteiger partial charge in [0, 0.05) is 32.8 Å². The third kappa shape index (κ3) is 4.30. The summed E-state index contributed by atoms with van der Waals surface area (Å²) in [4.78, 5) is 2.54. The minimum absolute atomic E-state index is 0.484. The monoisotopic (exact) mass is 262 g/mol. The molecular weight excluding hydrogens is 236 g/mol. The first-order chi connectivity index (χ1) is 9.33. The van der Waals surface area contributed by atoms with E-state index in [-0.39, 0.29) is 0 Å². The van der Waals surface area contributed by atoms with Crippen molar-refractivity contribution in [1.82, 2.24) is 4.90 Å². The number of hydrogen-bond acceptors (Lipinski definition) is 3. The predicted molar refractivity (Wildman–Crippen MR) is 79.1 cm³/mol. The quantitative estimate of drug-likeness (QED) is 0.854. The molecule has 0 amide bonds. The van der Waals surface area contributed by atoms with E-state index in [2.05, 4.69) is 36.1 Å². The van der Waals surface area contributed by atoms with E-state index in [0.29, 0.717) is 12.6 Å². The van der Waals surface area contributed by atoms with Gasteiger partial charge in [0.25, 0.3) is 0 Å². The van der Waals surface area contributed by atoms with Crippen molar-refractivity contribution in [3.05, 3.63) is 35.4 Å². The summed E-state index contributed by atoms with van der Waals surface area (Å²) in [5.41, 5.74) is 8.46. The lowest BCUT2D eigenvalue weighted by atomic mass is 10.0. The van der Waals surface area contributed by atoms with Crippen molar-refractivity contribution in [1.29, 1.82) is 0 Å². The zero-order valence-corrected chi connectivity index (χ0v) is 12.0. The van der Waals surface area contributed by atoms with Crippen LogP contribution < -0.4 is 5.73 Å². The molecule has 1 saturated heterocycles. The Morgan fingerprint density at radius 3 is 2.53 bits per heavy atom. The first-order valence-electron chi connectivity index (χ1n) is 7.44. The smallest absolute Gasteiger partial charge is 0.0599 e. The molecule has 0 aromatic heterocycles. The van der Waals surface area contributed by atoms with Crippen LogP contribution in [0.5, 0.6) is 0 Å². The predicted octanol–water partition coefficient (Wildman–Crippen LogP) is 2.19. The van der Waals surface area contributed by atoms with Crippen LogP contribution in [0.25, 0.3) is 0 Å². The lowest BCUT2D eigenvalue weighted by molar-refractivity contribution is 0.0145. The van der Waals surface area contributed by atoms with Gasteiger partial charge in [-0.05, 0) is 37.3 Å². The molecule has 0 spiro atoms. The Labute approximate surface area is 116 Å². The van der Waals surface area contributed by atoms with E-state index >= 15 is 0 Å². The Hall–Kier alpha value is -0.900. The van der Waals surface area contributed by atoms with Gasteiger partial charge in [-0.1, -0.05) is 24.3 Å². The van der Waals surface area contributed by atoms with E-state index in [1.807, 2.05) is 0 Å². The van der Waals surface area contributed by atoms with Crippen LogP contribution in [0.1, 0.15) is 30.9 Å². The Morgan fingerprint density at radius 1 is 1.21 bits per heavy atom. The summed E-state index contributed by atoms with van der Waals surface area (Å²) in [7, 11) is 0. The summed E-state index contributed by atoms with van der Waals surface area (Å²) in [5.74, 6) is 0. The number of ether oxygens (including phenoxy) is 1. The maximum Gasteiger partial charge on any atom is 0.0599 e. The summed E-state index contributed by atoms with van der Waals surface area (Å²) in [6, 6.07) is 8.51. The van der Waals surface area contributed by atoms with E-state index in [0.717, 1.165) is 32.7 Å². The number of likely N-dealkylation sites (tertiary alicyclic amines) is 1. The van der Waals surface area contributed by atoms with Crippen molar-refractivity contribution in [3.8, 4) is 0 Å². The standard InChI is InChI=1S/C16H26N2O/c1-2-19-16-8-11-18(12-9-16)10-7-14-5-3-4-6-15(14)13-17/h3-6,16H,2,7-13,17H2,1H3. The number of hydrogen-bond donors (Lipinski definition) is 1. The average molecular weight is 262 g/mol. The second-order valence-corrected chi connectivity index (χ2v) is 5.22. The molecule has 1 fully saturated rings. The second-order valence-electron chi connectivity index (χ2n) is 5.22. The van der Waals surface area contributed by atoms with Crippen LogP contribution in [0, 0.1) is 0 Å².